The van der Waals surface area contributed by atoms with Gasteiger partial charge in [-0.3, -0.25) is 9.59 Å². The molecule has 1 N–H and O–H groups in total. The molecule has 0 saturated carbocycles. The first-order valence-corrected chi connectivity index (χ1v) is 6.76. The highest BCUT2D eigenvalue weighted by atomic mass is 16.7. The third-order valence-corrected chi connectivity index (χ3v) is 3.58. The molecule has 1 atom stereocenters. The molecule has 0 radical (unpaired) electrons. The zero-order chi connectivity index (χ0) is 15.7. The van der Waals surface area contributed by atoms with Crippen molar-refractivity contribution in [3.05, 3.63) is 40.6 Å². The van der Waals surface area contributed by atoms with Gasteiger partial charge < -0.3 is 15.2 Å². The van der Waals surface area contributed by atoms with Crippen molar-refractivity contribution in [1.29, 1.82) is 0 Å². The average Bonchev–Trinajstić information content (AvgIpc) is 3.05. The average molecular weight is 306 g/mol. The Bertz CT molecular complexity index is 612. The lowest BCUT2D eigenvalue weighted by Crippen LogP contribution is -2.33. The van der Waals surface area contributed by atoms with Crippen LogP contribution in [-0.4, -0.2) is 57.7 Å². The summed E-state index contributed by atoms with van der Waals surface area (Å²) in [5.74, 6) is -0.963. The summed E-state index contributed by atoms with van der Waals surface area (Å²) < 4.78 is 0. The molecule has 2 aliphatic heterocycles. The standard InChI is InChI=1S/C13H14N4O5/c18-9-5-6-15(7-9)17(21)14-22-8-16-12(19)10-3-1-2-4-11(10)13(16)20/h1-4,9,18H,5-8H2. The van der Waals surface area contributed by atoms with E-state index in [1.54, 1.807) is 24.3 Å². The molecule has 9 heteroatoms. The topological polar surface area (TPSA) is 109 Å². The van der Waals surface area contributed by atoms with Crippen LogP contribution in [0.1, 0.15) is 27.1 Å². The minimum atomic E-state index is -0.567. The number of benzene rings is 1. The lowest BCUT2D eigenvalue weighted by atomic mass is 10.1. The predicted molar refractivity (Wildman–Crippen MR) is 71.1 cm³/mol. The van der Waals surface area contributed by atoms with Gasteiger partial charge in [0.25, 0.3) is 11.8 Å². The van der Waals surface area contributed by atoms with Crippen molar-refractivity contribution in [2.45, 2.75) is 12.5 Å². The van der Waals surface area contributed by atoms with E-state index in [9.17, 15) is 19.9 Å². The molecule has 9 nitrogen and oxygen atoms in total. The predicted octanol–water partition coefficient (Wildman–Crippen LogP) is 0.116. The molecule has 22 heavy (non-hydrogen) atoms. The Labute approximate surface area is 125 Å². The quantitative estimate of drug-likeness (QED) is 0.366. The first-order valence-electron chi connectivity index (χ1n) is 6.76. The molecular formula is C13H14N4O5. The van der Waals surface area contributed by atoms with Gasteiger partial charge in [-0.25, -0.2) is 4.90 Å². The Morgan fingerprint density at radius 3 is 2.50 bits per heavy atom. The number of β-amino-alcohol motifs (C(OH)–C–C–N with tert-alkyl or cyclic N) is 1. The van der Waals surface area contributed by atoms with Crippen LogP contribution in [-0.2, 0) is 4.84 Å². The van der Waals surface area contributed by atoms with E-state index in [4.69, 9.17) is 4.84 Å². The zero-order valence-electron chi connectivity index (χ0n) is 11.6. The Morgan fingerprint density at radius 2 is 1.95 bits per heavy atom. The van der Waals surface area contributed by atoms with Gasteiger partial charge in [0, 0.05) is 0 Å². The van der Waals surface area contributed by atoms with Gasteiger partial charge in [0.2, 0.25) is 12.0 Å². The van der Waals surface area contributed by atoms with E-state index in [1.807, 2.05) is 0 Å². The Hall–Kier alpha value is -2.68. The van der Waals surface area contributed by atoms with Crippen molar-refractivity contribution < 1.29 is 24.5 Å². The van der Waals surface area contributed by atoms with Gasteiger partial charge in [-0.1, -0.05) is 12.1 Å². The molecule has 0 bridgehead atoms. The third-order valence-electron chi connectivity index (χ3n) is 3.58. The Morgan fingerprint density at radius 1 is 1.32 bits per heavy atom. The van der Waals surface area contributed by atoms with E-state index in [1.165, 1.54) is 5.01 Å². The van der Waals surface area contributed by atoms with Crippen LogP contribution in [0.5, 0.6) is 0 Å². The Balaban J connectivity index is 1.61. The molecule has 0 spiro atoms. The summed E-state index contributed by atoms with van der Waals surface area (Å²) in [4.78, 5) is 30.0. The largest absolute Gasteiger partial charge is 0.569 e. The Kier molecular flexibility index (Phi) is 3.63. The summed E-state index contributed by atoms with van der Waals surface area (Å²) >= 11 is 0. The second-order valence-corrected chi connectivity index (χ2v) is 5.03. The molecule has 1 aromatic rings. The maximum absolute atomic E-state index is 12.0. The second kappa shape index (κ2) is 5.60. The van der Waals surface area contributed by atoms with Crippen molar-refractivity contribution in [1.82, 2.24) is 9.91 Å². The number of fused-ring (bicyclic) bond motifs is 1. The SMILES string of the molecule is O=C1c2ccccc2C(=O)N1CON=[N+]([O-])N1CCC(O)C1. The highest BCUT2D eigenvalue weighted by molar-refractivity contribution is 6.21. The number of carbonyl (C=O) groups is 2. The van der Waals surface area contributed by atoms with Crippen LogP contribution in [0, 0.1) is 5.21 Å². The molecule has 2 heterocycles. The fraction of sp³-hybridized carbons (Fsp3) is 0.385. The normalized spacial score (nSPS) is 21.5. The molecule has 2 aliphatic rings. The van der Waals surface area contributed by atoms with Crippen LogP contribution in [0.2, 0.25) is 0 Å². The number of nitrogens with zero attached hydrogens (tertiary/aromatic N) is 4. The maximum atomic E-state index is 12.0. The number of amides is 2. The van der Waals surface area contributed by atoms with Crippen molar-refractivity contribution in [3.63, 3.8) is 0 Å². The van der Waals surface area contributed by atoms with Crippen LogP contribution in [0.4, 0.5) is 0 Å². The van der Waals surface area contributed by atoms with E-state index in [0.29, 0.717) is 24.1 Å². The van der Waals surface area contributed by atoms with Crippen molar-refractivity contribution in [2.24, 2.45) is 5.28 Å². The zero-order valence-corrected chi connectivity index (χ0v) is 11.6. The highest BCUT2D eigenvalue weighted by Gasteiger charge is 2.36. The van der Waals surface area contributed by atoms with Gasteiger partial charge in [-0.05, 0) is 18.6 Å². The summed E-state index contributed by atoms with van der Waals surface area (Å²) in [7, 11) is 0. The first-order chi connectivity index (χ1) is 10.6. The number of aliphatic hydroxyl groups excluding tert-OH is 1. The molecule has 0 aromatic heterocycles. The monoisotopic (exact) mass is 306 g/mol. The van der Waals surface area contributed by atoms with Crippen molar-refractivity contribution in [3.8, 4) is 0 Å². The fourth-order valence-electron chi connectivity index (χ4n) is 2.42. The van der Waals surface area contributed by atoms with Crippen LogP contribution in [0.3, 0.4) is 0 Å². The van der Waals surface area contributed by atoms with Gasteiger partial charge in [0.05, 0.1) is 28.7 Å². The number of rotatable bonds is 4. The number of carbonyl (C=O) groups excluding carboxylic acids is 2. The molecule has 1 fully saturated rings. The van der Waals surface area contributed by atoms with Gasteiger partial charge >= 0.3 is 0 Å². The van der Waals surface area contributed by atoms with Crippen molar-refractivity contribution in [2.75, 3.05) is 19.8 Å². The van der Waals surface area contributed by atoms with Crippen LogP contribution >= 0.6 is 0 Å². The maximum Gasteiger partial charge on any atom is 0.264 e. The molecule has 2 amide bonds. The summed E-state index contributed by atoms with van der Waals surface area (Å²) in [5.41, 5.74) is 0.607. The first kappa shape index (κ1) is 14.3. The number of hydrogen-bond donors (Lipinski definition) is 1. The van der Waals surface area contributed by atoms with Gasteiger partial charge in [0.1, 0.15) is 6.54 Å². The third kappa shape index (κ3) is 2.46. The summed E-state index contributed by atoms with van der Waals surface area (Å²) in [5, 5.41) is 25.5. The summed E-state index contributed by atoms with van der Waals surface area (Å²) in [6, 6.07) is 6.43. The van der Waals surface area contributed by atoms with Crippen LogP contribution in [0.15, 0.2) is 29.5 Å². The number of hydrazine groups is 1. The number of imide groups is 1. The van der Waals surface area contributed by atoms with E-state index >= 15 is 0 Å². The van der Waals surface area contributed by atoms with E-state index < -0.39 is 24.6 Å². The molecule has 116 valence electrons. The molecule has 3 rings (SSSR count). The van der Waals surface area contributed by atoms with E-state index in [0.717, 1.165) is 4.90 Å². The van der Waals surface area contributed by atoms with Crippen molar-refractivity contribution >= 4 is 11.8 Å². The molecule has 1 saturated heterocycles. The minimum absolute atomic E-state index is 0.170. The van der Waals surface area contributed by atoms with E-state index in [2.05, 4.69) is 5.28 Å². The lowest BCUT2D eigenvalue weighted by Gasteiger charge is -2.13. The smallest absolute Gasteiger partial charge is 0.264 e. The van der Waals surface area contributed by atoms with Gasteiger partial charge in [-0.2, -0.15) is 0 Å². The van der Waals surface area contributed by atoms with Gasteiger partial charge in [0.15, 0.2) is 0 Å². The molecule has 1 aromatic carbocycles. The summed E-state index contributed by atoms with van der Waals surface area (Å²) in [6.07, 6.45) is -0.0879. The minimum Gasteiger partial charge on any atom is -0.569 e. The van der Waals surface area contributed by atoms with Gasteiger partial charge in [-0.15, -0.1) is 5.01 Å². The highest BCUT2D eigenvalue weighted by Crippen LogP contribution is 2.22. The molecule has 1 unspecified atom stereocenters. The second-order valence-electron chi connectivity index (χ2n) is 5.03. The van der Waals surface area contributed by atoms with E-state index in [-0.39, 0.29) is 11.5 Å². The number of aliphatic hydroxyl groups is 1. The molecule has 0 aliphatic carbocycles. The summed E-state index contributed by atoms with van der Waals surface area (Å²) in [6.45, 7) is 0.0927. The van der Waals surface area contributed by atoms with Crippen LogP contribution in [0.25, 0.3) is 0 Å². The lowest BCUT2D eigenvalue weighted by molar-refractivity contribution is -0.708. The number of hydrogen-bond acceptors (Lipinski definition) is 6. The fourth-order valence-corrected chi connectivity index (χ4v) is 2.42. The van der Waals surface area contributed by atoms with Crippen LogP contribution < -0.4 is 0 Å². The molecular weight excluding hydrogens is 292 g/mol.